The maximum absolute atomic E-state index is 12.3. The molecule has 23 heavy (non-hydrogen) atoms. The van der Waals surface area contributed by atoms with E-state index in [4.69, 9.17) is 4.74 Å². The molecule has 0 saturated heterocycles. The van der Waals surface area contributed by atoms with Gasteiger partial charge in [-0.1, -0.05) is 23.8 Å². The van der Waals surface area contributed by atoms with Crippen molar-refractivity contribution in [1.82, 2.24) is 4.98 Å². The normalized spacial score (nSPS) is 10.5. The Morgan fingerprint density at radius 3 is 2.57 bits per heavy atom. The van der Waals surface area contributed by atoms with E-state index < -0.39 is 10.9 Å². The van der Waals surface area contributed by atoms with Crippen molar-refractivity contribution in [3.8, 4) is 5.75 Å². The molecule has 0 amide bonds. The maximum Gasteiger partial charge on any atom is 0.343 e. The van der Waals surface area contributed by atoms with Crippen molar-refractivity contribution < 1.29 is 14.5 Å². The minimum Gasteiger partial charge on any atom is -0.413 e. The number of hydrogen-bond donors (Lipinski definition) is 0. The van der Waals surface area contributed by atoms with Gasteiger partial charge >= 0.3 is 11.7 Å². The number of fused-ring (bicyclic) bond motifs is 1. The van der Waals surface area contributed by atoms with Crippen LogP contribution in [-0.2, 0) is 0 Å². The van der Waals surface area contributed by atoms with Crippen LogP contribution < -0.4 is 4.74 Å². The molecule has 0 unspecified atom stereocenters. The lowest BCUT2D eigenvalue weighted by Crippen LogP contribution is -2.10. The number of ether oxygens (including phenoxy) is 1. The Kier molecular flexibility index (Phi) is 3.72. The van der Waals surface area contributed by atoms with E-state index in [2.05, 4.69) is 4.98 Å². The predicted molar refractivity (Wildman–Crippen MR) is 84.5 cm³/mol. The number of nitrogens with zero attached hydrogens (tertiary/aromatic N) is 2. The monoisotopic (exact) mass is 308 g/mol. The summed E-state index contributed by atoms with van der Waals surface area (Å²) in [6.45, 7) is 1.90. The van der Waals surface area contributed by atoms with Gasteiger partial charge in [-0.05, 0) is 31.2 Å². The fourth-order valence-electron chi connectivity index (χ4n) is 2.19. The molecule has 0 saturated carbocycles. The minimum atomic E-state index is -0.661. The van der Waals surface area contributed by atoms with Gasteiger partial charge < -0.3 is 4.74 Å². The van der Waals surface area contributed by atoms with Gasteiger partial charge in [0.1, 0.15) is 5.52 Å². The number of pyridine rings is 1. The lowest BCUT2D eigenvalue weighted by Gasteiger charge is -2.08. The van der Waals surface area contributed by atoms with Gasteiger partial charge in [-0.3, -0.25) is 15.1 Å². The molecule has 1 heterocycles. The third-order valence-corrected chi connectivity index (χ3v) is 3.39. The topological polar surface area (TPSA) is 82.3 Å². The Morgan fingerprint density at radius 1 is 1.13 bits per heavy atom. The van der Waals surface area contributed by atoms with E-state index in [0.29, 0.717) is 10.9 Å². The SMILES string of the molecule is Cc1ccc(C(=O)Oc2c([N+](=O)[O-])ccc3cccnc23)cc1. The van der Waals surface area contributed by atoms with Crippen LogP contribution in [0.5, 0.6) is 5.75 Å². The lowest BCUT2D eigenvalue weighted by atomic mass is 10.1. The summed E-state index contributed by atoms with van der Waals surface area (Å²) in [5.74, 6) is -0.801. The zero-order chi connectivity index (χ0) is 16.4. The number of carbonyl (C=O) groups is 1. The number of esters is 1. The van der Waals surface area contributed by atoms with E-state index in [1.165, 1.54) is 12.3 Å². The number of carbonyl (C=O) groups excluding carboxylic acids is 1. The second-order valence-electron chi connectivity index (χ2n) is 5.00. The molecule has 3 rings (SSSR count). The van der Waals surface area contributed by atoms with Crippen LogP contribution in [0.15, 0.2) is 54.7 Å². The summed E-state index contributed by atoms with van der Waals surface area (Å²) in [4.78, 5) is 27.0. The van der Waals surface area contributed by atoms with Gasteiger partial charge in [0.25, 0.3) is 0 Å². The van der Waals surface area contributed by atoms with Crippen LogP contribution in [0.25, 0.3) is 10.9 Å². The molecule has 0 aliphatic rings. The number of benzene rings is 2. The third-order valence-electron chi connectivity index (χ3n) is 3.39. The van der Waals surface area contributed by atoms with Crippen LogP contribution in [0.3, 0.4) is 0 Å². The van der Waals surface area contributed by atoms with Crippen LogP contribution in [0, 0.1) is 17.0 Å². The van der Waals surface area contributed by atoms with Crippen molar-refractivity contribution in [2.24, 2.45) is 0 Å². The van der Waals surface area contributed by atoms with Gasteiger partial charge in [-0.25, -0.2) is 4.79 Å². The highest BCUT2D eigenvalue weighted by Gasteiger charge is 2.22. The first kappa shape index (κ1) is 14.6. The molecular weight excluding hydrogens is 296 g/mol. The van der Waals surface area contributed by atoms with Gasteiger partial charge in [0.05, 0.1) is 10.5 Å². The third kappa shape index (κ3) is 2.87. The van der Waals surface area contributed by atoms with E-state index in [1.807, 2.05) is 6.92 Å². The quantitative estimate of drug-likeness (QED) is 0.319. The highest BCUT2D eigenvalue weighted by molar-refractivity contribution is 5.96. The number of nitro groups is 1. The number of nitro benzene ring substituents is 1. The van der Waals surface area contributed by atoms with E-state index in [1.54, 1.807) is 42.5 Å². The Hall–Kier alpha value is -3.28. The van der Waals surface area contributed by atoms with Crippen molar-refractivity contribution in [3.05, 3.63) is 76.0 Å². The van der Waals surface area contributed by atoms with Crippen LogP contribution in [0.2, 0.25) is 0 Å². The first-order chi connectivity index (χ1) is 11.1. The van der Waals surface area contributed by atoms with Gasteiger partial charge in [-0.15, -0.1) is 0 Å². The van der Waals surface area contributed by atoms with Gasteiger partial charge in [0.15, 0.2) is 0 Å². The van der Waals surface area contributed by atoms with Crippen molar-refractivity contribution >= 4 is 22.6 Å². The molecule has 0 atom stereocenters. The van der Waals surface area contributed by atoms with Crippen LogP contribution >= 0.6 is 0 Å². The van der Waals surface area contributed by atoms with Gasteiger partial charge in [0, 0.05) is 17.6 Å². The smallest absolute Gasteiger partial charge is 0.343 e. The summed E-state index contributed by atoms with van der Waals surface area (Å²) in [6.07, 6.45) is 1.50. The summed E-state index contributed by atoms with van der Waals surface area (Å²) in [7, 11) is 0. The van der Waals surface area contributed by atoms with Gasteiger partial charge in [-0.2, -0.15) is 0 Å². The first-order valence-electron chi connectivity index (χ1n) is 6.87. The Bertz CT molecular complexity index is 904. The summed E-state index contributed by atoms with van der Waals surface area (Å²) in [5, 5.41) is 11.9. The molecule has 1 aromatic heterocycles. The average Bonchev–Trinajstić information content (AvgIpc) is 2.55. The van der Waals surface area contributed by atoms with E-state index >= 15 is 0 Å². The van der Waals surface area contributed by atoms with Crippen LogP contribution in [0.1, 0.15) is 15.9 Å². The zero-order valence-electron chi connectivity index (χ0n) is 12.2. The van der Waals surface area contributed by atoms with E-state index in [0.717, 1.165) is 5.56 Å². The summed E-state index contributed by atoms with van der Waals surface area (Å²) in [6, 6.07) is 13.1. The van der Waals surface area contributed by atoms with E-state index in [9.17, 15) is 14.9 Å². The molecule has 0 spiro atoms. The molecule has 3 aromatic rings. The van der Waals surface area contributed by atoms with Crippen molar-refractivity contribution in [2.75, 3.05) is 0 Å². The van der Waals surface area contributed by atoms with Crippen molar-refractivity contribution in [2.45, 2.75) is 6.92 Å². The van der Waals surface area contributed by atoms with Crippen molar-refractivity contribution in [1.29, 1.82) is 0 Å². The number of hydrogen-bond acceptors (Lipinski definition) is 5. The average molecular weight is 308 g/mol. The largest absolute Gasteiger partial charge is 0.413 e. The van der Waals surface area contributed by atoms with Gasteiger partial charge in [0.2, 0.25) is 5.75 Å². The summed E-state index contributed by atoms with van der Waals surface area (Å²) >= 11 is 0. The number of rotatable bonds is 3. The molecule has 6 heteroatoms. The Labute approximate surface area is 131 Å². The number of aryl methyl sites for hydroxylation is 1. The second kappa shape index (κ2) is 5.84. The Morgan fingerprint density at radius 2 is 1.87 bits per heavy atom. The highest BCUT2D eigenvalue weighted by atomic mass is 16.6. The lowest BCUT2D eigenvalue weighted by molar-refractivity contribution is -0.385. The predicted octanol–water partition coefficient (Wildman–Crippen LogP) is 3.67. The van der Waals surface area contributed by atoms with Crippen LogP contribution in [-0.4, -0.2) is 15.9 Å². The van der Waals surface area contributed by atoms with Crippen molar-refractivity contribution in [3.63, 3.8) is 0 Å². The molecular formula is C17H12N2O4. The summed E-state index contributed by atoms with van der Waals surface area (Å²) in [5.41, 5.74) is 1.30. The molecule has 6 nitrogen and oxygen atoms in total. The molecule has 0 aliphatic heterocycles. The fraction of sp³-hybridized carbons (Fsp3) is 0.0588. The zero-order valence-corrected chi connectivity index (χ0v) is 12.2. The summed E-state index contributed by atoms with van der Waals surface area (Å²) < 4.78 is 5.30. The molecule has 0 bridgehead atoms. The molecule has 0 fully saturated rings. The molecule has 0 N–H and O–H groups in total. The van der Waals surface area contributed by atoms with Crippen LogP contribution in [0.4, 0.5) is 5.69 Å². The fourth-order valence-corrected chi connectivity index (χ4v) is 2.19. The molecule has 2 aromatic carbocycles. The number of aromatic nitrogens is 1. The Balaban J connectivity index is 2.07. The molecule has 0 aliphatic carbocycles. The standard InChI is InChI=1S/C17H12N2O4/c1-11-4-6-13(7-5-11)17(20)23-16-14(19(21)22)9-8-12-3-2-10-18-15(12)16/h2-10H,1H3. The highest BCUT2D eigenvalue weighted by Crippen LogP contribution is 2.34. The van der Waals surface area contributed by atoms with E-state index in [-0.39, 0.29) is 17.0 Å². The minimum absolute atomic E-state index is 0.140. The maximum atomic E-state index is 12.3. The molecule has 114 valence electrons. The molecule has 0 radical (unpaired) electrons. The first-order valence-corrected chi connectivity index (χ1v) is 6.87. The second-order valence-corrected chi connectivity index (χ2v) is 5.00.